The summed E-state index contributed by atoms with van der Waals surface area (Å²) < 4.78 is 18.0. The maximum atomic E-state index is 13.0. The number of carbonyl (C=O) groups is 3. The summed E-state index contributed by atoms with van der Waals surface area (Å²) in [4.78, 5) is 37.4. The summed E-state index contributed by atoms with van der Waals surface area (Å²) in [6.07, 6.45) is 3.17. The number of carbonyl (C=O) groups excluding carboxylic acids is 3. The Balaban J connectivity index is 1.73. The normalized spacial score (nSPS) is 20.8. The minimum Gasteiger partial charge on any atom is -0.469 e. The van der Waals surface area contributed by atoms with Crippen LogP contribution in [0.2, 0.25) is 0 Å². The minimum absolute atomic E-state index is 0.307. The summed E-state index contributed by atoms with van der Waals surface area (Å²) >= 11 is 0. The van der Waals surface area contributed by atoms with Crippen molar-refractivity contribution in [1.29, 1.82) is 0 Å². The highest BCUT2D eigenvalue weighted by Gasteiger charge is 2.42. The van der Waals surface area contributed by atoms with Gasteiger partial charge < -0.3 is 15.4 Å². The third-order valence-electron chi connectivity index (χ3n) is 5.58. The maximum absolute atomic E-state index is 13.0. The first kappa shape index (κ1) is 21.5. The van der Waals surface area contributed by atoms with Crippen molar-refractivity contribution in [3.8, 4) is 0 Å². The van der Waals surface area contributed by atoms with Crippen molar-refractivity contribution in [1.82, 2.24) is 5.32 Å². The van der Waals surface area contributed by atoms with Crippen molar-refractivity contribution >= 4 is 23.5 Å². The Morgan fingerprint density at radius 2 is 1.77 bits per heavy atom. The number of hydrogen-bond donors (Lipinski definition) is 2. The molecule has 2 amide bonds. The predicted octanol–water partition coefficient (Wildman–Crippen LogP) is 3.93. The van der Waals surface area contributed by atoms with E-state index in [1.54, 1.807) is 24.3 Å². The van der Waals surface area contributed by atoms with Gasteiger partial charge in [0, 0.05) is 16.8 Å². The molecule has 2 aromatic rings. The van der Waals surface area contributed by atoms with Gasteiger partial charge in [0.2, 0.25) is 0 Å². The molecular weight excluding hydrogens is 387 g/mol. The van der Waals surface area contributed by atoms with Crippen LogP contribution in [0.3, 0.4) is 0 Å². The van der Waals surface area contributed by atoms with Gasteiger partial charge in [0.25, 0.3) is 11.8 Å². The number of nitrogens with one attached hydrogen (secondary N) is 2. The lowest BCUT2D eigenvalue weighted by atomic mass is 9.73. The molecule has 158 valence electrons. The molecule has 0 radical (unpaired) electrons. The Kier molecular flexibility index (Phi) is 6.50. The van der Waals surface area contributed by atoms with Crippen LogP contribution < -0.4 is 10.6 Å². The highest BCUT2D eigenvalue weighted by Crippen LogP contribution is 2.34. The number of halogens is 1. The van der Waals surface area contributed by atoms with Crippen molar-refractivity contribution in [3.63, 3.8) is 0 Å². The second-order valence-corrected chi connectivity index (χ2v) is 7.73. The van der Waals surface area contributed by atoms with Gasteiger partial charge in [-0.25, -0.2) is 4.39 Å². The van der Waals surface area contributed by atoms with Gasteiger partial charge >= 0.3 is 5.97 Å². The molecule has 0 aromatic heterocycles. The van der Waals surface area contributed by atoms with E-state index in [2.05, 4.69) is 10.6 Å². The SMILES string of the molecule is COC(=O)C1CCCCC1(C)NC(=O)c1cccc(NC(=O)c2ccc(F)cc2)c1. The monoisotopic (exact) mass is 412 g/mol. The van der Waals surface area contributed by atoms with Crippen LogP contribution >= 0.6 is 0 Å². The minimum atomic E-state index is -0.699. The molecule has 0 bridgehead atoms. The molecule has 0 saturated heterocycles. The molecule has 0 aliphatic heterocycles. The smallest absolute Gasteiger partial charge is 0.311 e. The molecule has 2 aromatic carbocycles. The Labute approximate surface area is 174 Å². The van der Waals surface area contributed by atoms with Gasteiger partial charge in [0.1, 0.15) is 5.82 Å². The van der Waals surface area contributed by atoms with E-state index in [0.717, 1.165) is 12.8 Å². The molecule has 30 heavy (non-hydrogen) atoms. The Morgan fingerprint density at radius 1 is 1.03 bits per heavy atom. The number of ether oxygens (including phenoxy) is 1. The fourth-order valence-corrected chi connectivity index (χ4v) is 3.88. The van der Waals surface area contributed by atoms with Gasteiger partial charge in [-0.3, -0.25) is 14.4 Å². The quantitative estimate of drug-likeness (QED) is 0.729. The van der Waals surface area contributed by atoms with E-state index in [9.17, 15) is 18.8 Å². The zero-order chi connectivity index (χ0) is 21.7. The number of methoxy groups -OCH3 is 1. The van der Waals surface area contributed by atoms with Crippen LogP contribution in [0.25, 0.3) is 0 Å². The molecule has 0 spiro atoms. The summed E-state index contributed by atoms with van der Waals surface area (Å²) in [7, 11) is 1.35. The molecule has 6 nitrogen and oxygen atoms in total. The number of anilines is 1. The van der Waals surface area contributed by atoms with E-state index < -0.39 is 23.2 Å². The van der Waals surface area contributed by atoms with E-state index in [4.69, 9.17) is 4.74 Å². The predicted molar refractivity (Wildman–Crippen MR) is 111 cm³/mol. The molecule has 2 atom stereocenters. The molecule has 2 N–H and O–H groups in total. The van der Waals surface area contributed by atoms with E-state index in [1.165, 1.54) is 31.4 Å². The zero-order valence-electron chi connectivity index (χ0n) is 17.0. The second-order valence-electron chi connectivity index (χ2n) is 7.73. The third-order valence-corrected chi connectivity index (χ3v) is 5.58. The number of esters is 1. The second kappa shape index (κ2) is 9.07. The molecule has 1 saturated carbocycles. The van der Waals surface area contributed by atoms with Crippen molar-refractivity contribution in [3.05, 3.63) is 65.5 Å². The number of amides is 2. The van der Waals surface area contributed by atoms with Crippen LogP contribution in [-0.4, -0.2) is 30.4 Å². The molecular formula is C23H25FN2O4. The number of rotatable bonds is 5. The lowest BCUT2D eigenvalue weighted by Gasteiger charge is -2.40. The molecule has 1 aliphatic carbocycles. The van der Waals surface area contributed by atoms with Gasteiger partial charge in [-0.1, -0.05) is 18.9 Å². The third kappa shape index (κ3) is 4.84. The molecule has 1 aliphatic rings. The van der Waals surface area contributed by atoms with E-state index in [0.29, 0.717) is 29.7 Å². The van der Waals surface area contributed by atoms with E-state index in [-0.39, 0.29) is 11.9 Å². The van der Waals surface area contributed by atoms with Gasteiger partial charge in [-0.05, 0) is 62.2 Å². The lowest BCUT2D eigenvalue weighted by molar-refractivity contribution is -0.149. The fourth-order valence-electron chi connectivity index (χ4n) is 3.88. The van der Waals surface area contributed by atoms with Crippen LogP contribution in [0.15, 0.2) is 48.5 Å². The van der Waals surface area contributed by atoms with E-state index >= 15 is 0 Å². The van der Waals surface area contributed by atoms with Crippen LogP contribution in [0.4, 0.5) is 10.1 Å². The summed E-state index contributed by atoms with van der Waals surface area (Å²) in [5.74, 6) is -1.88. The zero-order valence-corrected chi connectivity index (χ0v) is 17.0. The largest absolute Gasteiger partial charge is 0.469 e. The Morgan fingerprint density at radius 3 is 2.47 bits per heavy atom. The molecule has 0 heterocycles. The standard InChI is InChI=1S/C23H25FN2O4/c1-23(13-4-3-8-19(23)22(29)30-2)26-21(28)16-6-5-7-18(14-16)25-20(27)15-9-11-17(24)12-10-15/h5-7,9-12,14,19H,3-4,8,13H2,1-2H3,(H,25,27)(H,26,28). The first-order valence-corrected chi connectivity index (χ1v) is 9.90. The fraction of sp³-hybridized carbons (Fsp3) is 0.348. The summed E-state index contributed by atoms with van der Waals surface area (Å²) in [6, 6.07) is 11.7. The van der Waals surface area contributed by atoms with Crippen LogP contribution in [0.5, 0.6) is 0 Å². The summed E-state index contributed by atoms with van der Waals surface area (Å²) in [6.45, 7) is 1.87. The summed E-state index contributed by atoms with van der Waals surface area (Å²) in [5.41, 5.74) is 0.412. The van der Waals surface area contributed by atoms with Crippen molar-refractivity contribution in [2.45, 2.75) is 38.1 Å². The Bertz CT molecular complexity index is 944. The van der Waals surface area contributed by atoms with Crippen molar-refractivity contribution in [2.24, 2.45) is 5.92 Å². The van der Waals surface area contributed by atoms with Crippen LogP contribution in [-0.2, 0) is 9.53 Å². The Hall–Kier alpha value is -3.22. The van der Waals surface area contributed by atoms with Gasteiger partial charge in [0.05, 0.1) is 18.6 Å². The van der Waals surface area contributed by atoms with Crippen LogP contribution in [0.1, 0.15) is 53.3 Å². The van der Waals surface area contributed by atoms with Crippen molar-refractivity contribution < 1.29 is 23.5 Å². The van der Waals surface area contributed by atoms with Gasteiger partial charge in [-0.2, -0.15) is 0 Å². The first-order chi connectivity index (χ1) is 14.3. The maximum Gasteiger partial charge on any atom is 0.311 e. The molecule has 3 rings (SSSR count). The molecule has 7 heteroatoms. The lowest BCUT2D eigenvalue weighted by Crippen LogP contribution is -2.55. The first-order valence-electron chi connectivity index (χ1n) is 9.90. The number of benzene rings is 2. The highest BCUT2D eigenvalue weighted by atomic mass is 19.1. The van der Waals surface area contributed by atoms with Gasteiger partial charge in [0.15, 0.2) is 0 Å². The number of hydrogen-bond acceptors (Lipinski definition) is 4. The topological polar surface area (TPSA) is 84.5 Å². The highest BCUT2D eigenvalue weighted by molar-refractivity contribution is 6.05. The average Bonchev–Trinajstić information content (AvgIpc) is 2.74. The average molecular weight is 412 g/mol. The van der Waals surface area contributed by atoms with Crippen molar-refractivity contribution in [2.75, 3.05) is 12.4 Å². The van der Waals surface area contributed by atoms with Crippen LogP contribution in [0, 0.1) is 11.7 Å². The molecule has 2 unspecified atom stereocenters. The molecule has 1 fully saturated rings. The van der Waals surface area contributed by atoms with E-state index in [1.807, 2.05) is 6.92 Å². The summed E-state index contributed by atoms with van der Waals surface area (Å²) in [5, 5.41) is 5.71. The van der Waals surface area contributed by atoms with Gasteiger partial charge in [-0.15, -0.1) is 0 Å².